The van der Waals surface area contributed by atoms with Crippen LogP contribution in [-0.4, -0.2) is 24.3 Å². The molecular weight excluding hydrogens is 164 g/mol. The van der Waals surface area contributed by atoms with Crippen LogP contribution in [0.3, 0.4) is 0 Å². The molecule has 0 aliphatic heterocycles. The van der Waals surface area contributed by atoms with Crippen molar-refractivity contribution in [1.29, 1.82) is 0 Å². The van der Waals surface area contributed by atoms with Crippen molar-refractivity contribution in [3.05, 3.63) is 0 Å². The number of ether oxygens (including phenoxy) is 1. The van der Waals surface area contributed by atoms with Gasteiger partial charge < -0.3 is 16.2 Å². The third-order valence-corrected chi connectivity index (χ3v) is 2.85. The fourth-order valence-corrected chi connectivity index (χ4v) is 1.11. The third-order valence-electron chi connectivity index (χ3n) is 2.85. The summed E-state index contributed by atoms with van der Waals surface area (Å²) in [7, 11) is 0. The average Bonchev–Trinajstić information content (AvgIpc) is 2.17. The highest BCUT2D eigenvalue weighted by atomic mass is 16.5. The van der Waals surface area contributed by atoms with Crippen LogP contribution in [0.2, 0.25) is 0 Å². The molecule has 3 nitrogen and oxygen atoms in total. The maximum Gasteiger partial charge on any atom is 0.0781 e. The highest BCUT2D eigenvalue weighted by Crippen LogP contribution is 2.24. The normalized spacial score (nSPS) is 20.8. The van der Waals surface area contributed by atoms with Crippen LogP contribution < -0.4 is 11.5 Å². The number of hydrogen-bond donors (Lipinski definition) is 2. The zero-order valence-corrected chi connectivity index (χ0v) is 9.39. The fourth-order valence-electron chi connectivity index (χ4n) is 1.11. The van der Waals surface area contributed by atoms with E-state index in [2.05, 4.69) is 13.8 Å². The Hall–Kier alpha value is -0.120. The Kier molecular flexibility index (Phi) is 4.89. The zero-order valence-electron chi connectivity index (χ0n) is 9.39. The van der Waals surface area contributed by atoms with Gasteiger partial charge in [0.2, 0.25) is 0 Å². The van der Waals surface area contributed by atoms with Crippen LogP contribution in [0.15, 0.2) is 0 Å². The van der Waals surface area contributed by atoms with E-state index in [9.17, 15) is 0 Å². The summed E-state index contributed by atoms with van der Waals surface area (Å²) in [5.41, 5.74) is 10.9. The second-order valence-electron chi connectivity index (χ2n) is 4.12. The molecule has 3 heteroatoms. The van der Waals surface area contributed by atoms with E-state index >= 15 is 0 Å². The highest BCUT2D eigenvalue weighted by molar-refractivity contribution is 4.83. The van der Waals surface area contributed by atoms with E-state index in [-0.39, 0.29) is 11.2 Å². The summed E-state index contributed by atoms with van der Waals surface area (Å²) in [5.74, 6) is 0. The molecule has 80 valence electrons. The summed E-state index contributed by atoms with van der Waals surface area (Å²) < 4.78 is 5.97. The van der Waals surface area contributed by atoms with E-state index in [0.717, 1.165) is 12.8 Å². The Labute approximate surface area is 81.8 Å². The standard InChI is InChI=1S/C10H24N2O/c1-5-9(3,7-11)13-10(4,6-2)8-12/h5-8,11-12H2,1-4H3. The summed E-state index contributed by atoms with van der Waals surface area (Å²) in [6.07, 6.45) is 1.83. The first-order chi connectivity index (χ1) is 5.95. The molecule has 0 radical (unpaired) electrons. The first kappa shape index (κ1) is 12.9. The smallest absolute Gasteiger partial charge is 0.0781 e. The van der Waals surface area contributed by atoms with Gasteiger partial charge in [0.05, 0.1) is 11.2 Å². The van der Waals surface area contributed by atoms with E-state index in [4.69, 9.17) is 16.2 Å². The number of hydrogen-bond acceptors (Lipinski definition) is 3. The molecule has 0 rings (SSSR count). The van der Waals surface area contributed by atoms with E-state index in [1.54, 1.807) is 0 Å². The molecule has 0 amide bonds. The summed E-state index contributed by atoms with van der Waals surface area (Å²) in [6, 6.07) is 0. The van der Waals surface area contributed by atoms with Crippen molar-refractivity contribution in [2.24, 2.45) is 11.5 Å². The van der Waals surface area contributed by atoms with Crippen molar-refractivity contribution in [2.75, 3.05) is 13.1 Å². The Morgan fingerprint density at radius 2 is 1.23 bits per heavy atom. The van der Waals surface area contributed by atoms with Crippen LogP contribution in [0, 0.1) is 0 Å². The summed E-state index contributed by atoms with van der Waals surface area (Å²) in [6.45, 7) is 9.32. The van der Waals surface area contributed by atoms with E-state index in [1.165, 1.54) is 0 Å². The van der Waals surface area contributed by atoms with Gasteiger partial charge in [-0.25, -0.2) is 0 Å². The maximum atomic E-state index is 5.97. The van der Waals surface area contributed by atoms with Gasteiger partial charge in [0.1, 0.15) is 0 Å². The summed E-state index contributed by atoms with van der Waals surface area (Å²) >= 11 is 0. The van der Waals surface area contributed by atoms with Gasteiger partial charge in [0, 0.05) is 13.1 Å². The molecule has 0 heterocycles. The van der Waals surface area contributed by atoms with Gasteiger partial charge in [-0.3, -0.25) is 0 Å². The van der Waals surface area contributed by atoms with Crippen molar-refractivity contribution in [2.45, 2.75) is 51.7 Å². The molecule has 0 fully saturated rings. The molecular formula is C10H24N2O. The zero-order chi connectivity index (χ0) is 10.5. The minimum absolute atomic E-state index is 0.232. The first-order valence-corrected chi connectivity index (χ1v) is 5.05. The molecule has 0 spiro atoms. The minimum atomic E-state index is -0.232. The maximum absolute atomic E-state index is 5.97. The monoisotopic (exact) mass is 188 g/mol. The lowest BCUT2D eigenvalue weighted by Crippen LogP contribution is -2.48. The van der Waals surface area contributed by atoms with Crippen LogP contribution in [-0.2, 0) is 4.74 Å². The molecule has 2 unspecified atom stereocenters. The minimum Gasteiger partial charge on any atom is -0.367 e. The van der Waals surface area contributed by atoms with Gasteiger partial charge >= 0.3 is 0 Å². The van der Waals surface area contributed by atoms with Gasteiger partial charge in [-0.05, 0) is 26.7 Å². The topological polar surface area (TPSA) is 61.3 Å². The van der Waals surface area contributed by atoms with Crippen molar-refractivity contribution in [1.82, 2.24) is 0 Å². The first-order valence-electron chi connectivity index (χ1n) is 5.05. The number of rotatable bonds is 6. The van der Waals surface area contributed by atoms with Crippen molar-refractivity contribution >= 4 is 0 Å². The highest BCUT2D eigenvalue weighted by Gasteiger charge is 2.31. The molecule has 0 aromatic heterocycles. The van der Waals surface area contributed by atoms with Gasteiger partial charge in [-0.2, -0.15) is 0 Å². The molecule has 0 aliphatic rings. The Morgan fingerprint density at radius 3 is 1.38 bits per heavy atom. The van der Waals surface area contributed by atoms with Crippen LogP contribution in [0.25, 0.3) is 0 Å². The molecule has 0 aromatic rings. The van der Waals surface area contributed by atoms with Crippen LogP contribution in [0.1, 0.15) is 40.5 Å². The Balaban J connectivity index is 4.36. The fraction of sp³-hybridized carbons (Fsp3) is 1.00. The summed E-state index contributed by atoms with van der Waals surface area (Å²) in [4.78, 5) is 0. The SMILES string of the molecule is CCC(C)(CN)OC(C)(CC)CN. The molecule has 2 atom stereocenters. The molecule has 0 saturated carbocycles. The second-order valence-corrected chi connectivity index (χ2v) is 4.12. The van der Waals surface area contributed by atoms with Gasteiger partial charge in [-0.1, -0.05) is 13.8 Å². The van der Waals surface area contributed by atoms with E-state index in [1.807, 2.05) is 13.8 Å². The molecule has 0 aromatic carbocycles. The van der Waals surface area contributed by atoms with E-state index in [0.29, 0.717) is 13.1 Å². The predicted octanol–water partition coefficient (Wildman–Crippen LogP) is 1.26. The Morgan fingerprint density at radius 1 is 0.923 bits per heavy atom. The van der Waals surface area contributed by atoms with Crippen LogP contribution in [0.5, 0.6) is 0 Å². The van der Waals surface area contributed by atoms with Crippen LogP contribution >= 0.6 is 0 Å². The second kappa shape index (κ2) is 4.94. The molecule has 13 heavy (non-hydrogen) atoms. The van der Waals surface area contributed by atoms with Gasteiger partial charge in [-0.15, -0.1) is 0 Å². The van der Waals surface area contributed by atoms with Gasteiger partial charge in [0.25, 0.3) is 0 Å². The largest absolute Gasteiger partial charge is 0.367 e. The third kappa shape index (κ3) is 3.63. The lowest BCUT2D eigenvalue weighted by Gasteiger charge is -2.38. The summed E-state index contributed by atoms with van der Waals surface area (Å²) in [5, 5.41) is 0. The lowest BCUT2D eigenvalue weighted by molar-refractivity contribution is -0.134. The molecule has 4 N–H and O–H groups in total. The quantitative estimate of drug-likeness (QED) is 0.659. The van der Waals surface area contributed by atoms with Crippen molar-refractivity contribution < 1.29 is 4.74 Å². The number of nitrogens with two attached hydrogens (primary N) is 2. The van der Waals surface area contributed by atoms with Gasteiger partial charge in [0.15, 0.2) is 0 Å². The van der Waals surface area contributed by atoms with E-state index < -0.39 is 0 Å². The molecule has 0 bridgehead atoms. The lowest BCUT2D eigenvalue weighted by atomic mass is 9.98. The predicted molar refractivity (Wildman–Crippen MR) is 56.6 cm³/mol. The molecule has 0 saturated heterocycles. The average molecular weight is 188 g/mol. The Bertz CT molecular complexity index is 124. The molecule has 0 aliphatic carbocycles. The van der Waals surface area contributed by atoms with Crippen LogP contribution in [0.4, 0.5) is 0 Å². The van der Waals surface area contributed by atoms with Crippen molar-refractivity contribution in [3.63, 3.8) is 0 Å². The van der Waals surface area contributed by atoms with Crippen molar-refractivity contribution in [3.8, 4) is 0 Å².